The quantitative estimate of drug-likeness (QED) is 0.132. The van der Waals surface area contributed by atoms with Crippen molar-refractivity contribution in [3.63, 3.8) is 0 Å². The first kappa shape index (κ1) is 33.0. The Morgan fingerprint density at radius 1 is 0.915 bits per heavy atom. The molecule has 0 spiro atoms. The van der Waals surface area contributed by atoms with Crippen LogP contribution >= 0.6 is 15.9 Å². The Balaban J connectivity index is 1.32. The molecule has 11 heteroatoms. The summed E-state index contributed by atoms with van der Waals surface area (Å²) in [4.78, 5) is 52.7. The summed E-state index contributed by atoms with van der Waals surface area (Å²) in [6.45, 7) is 6.02. The average molecular weight is 699 g/mol. The van der Waals surface area contributed by atoms with E-state index in [1.165, 1.54) is 6.08 Å². The van der Waals surface area contributed by atoms with Crippen LogP contribution in [0.4, 0.5) is 16.2 Å². The Bertz CT molecular complexity index is 1860. The van der Waals surface area contributed by atoms with Gasteiger partial charge in [0.15, 0.2) is 18.1 Å². The molecule has 2 N–H and O–H groups in total. The van der Waals surface area contributed by atoms with Crippen LogP contribution in [-0.2, 0) is 21.0 Å². The van der Waals surface area contributed by atoms with E-state index in [1.54, 1.807) is 43.3 Å². The number of benzene rings is 4. The normalized spacial score (nSPS) is 13.7. The first-order valence-electron chi connectivity index (χ1n) is 14.8. The van der Waals surface area contributed by atoms with E-state index >= 15 is 0 Å². The Hall–Kier alpha value is -5.42. The highest BCUT2D eigenvalue weighted by Crippen LogP contribution is 2.38. The lowest BCUT2D eigenvalue weighted by atomic mass is 10.1. The van der Waals surface area contributed by atoms with E-state index in [4.69, 9.17) is 14.2 Å². The molecule has 0 bridgehead atoms. The summed E-state index contributed by atoms with van der Waals surface area (Å²) < 4.78 is 17.8. The minimum Gasteiger partial charge on any atom is -0.490 e. The van der Waals surface area contributed by atoms with Crippen LogP contribution in [0.25, 0.3) is 6.08 Å². The third-order valence-electron chi connectivity index (χ3n) is 7.09. The van der Waals surface area contributed by atoms with E-state index in [0.717, 1.165) is 21.6 Å². The zero-order valence-electron chi connectivity index (χ0n) is 26.0. The highest BCUT2D eigenvalue weighted by molar-refractivity contribution is 9.10. The number of anilines is 2. The molecule has 1 aliphatic heterocycles. The van der Waals surface area contributed by atoms with Gasteiger partial charge in [-0.15, -0.1) is 0 Å². The zero-order valence-corrected chi connectivity index (χ0v) is 27.6. The number of amides is 5. The van der Waals surface area contributed by atoms with Crippen LogP contribution in [-0.4, -0.2) is 37.0 Å². The molecule has 10 nitrogen and oxygen atoms in total. The van der Waals surface area contributed by atoms with Crippen molar-refractivity contribution in [3.05, 3.63) is 117 Å². The molecule has 0 atom stereocenters. The van der Waals surface area contributed by atoms with E-state index < -0.39 is 17.8 Å². The van der Waals surface area contributed by atoms with Crippen molar-refractivity contribution < 1.29 is 33.4 Å². The minimum absolute atomic E-state index is 0.259. The number of carbonyl (C=O) groups excluding carboxylic acids is 4. The molecule has 5 amide bonds. The lowest BCUT2D eigenvalue weighted by Crippen LogP contribution is -2.54. The highest BCUT2D eigenvalue weighted by atomic mass is 79.9. The molecule has 0 aliphatic carbocycles. The van der Waals surface area contributed by atoms with Crippen molar-refractivity contribution in [3.8, 4) is 17.2 Å². The predicted octanol–water partition coefficient (Wildman–Crippen LogP) is 6.73. The summed E-state index contributed by atoms with van der Waals surface area (Å²) in [5.74, 6) is -0.882. The molecule has 1 fully saturated rings. The molecule has 1 heterocycles. The van der Waals surface area contributed by atoms with E-state index in [-0.39, 0.29) is 41.9 Å². The molecule has 0 radical (unpaired) electrons. The number of aryl methyl sites for hydroxylation is 2. The molecule has 240 valence electrons. The number of rotatable bonds is 11. The van der Waals surface area contributed by atoms with Gasteiger partial charge in [-0.3, -0.25) is 19.7 Å². The molecule has 0 saturated carbocycles. The summed E-state index contributed by atoms with van der Waals surface area (Å²) in [7, 11) is 0. The van der Waals surface area contributed by atoms with Crippen molar-refractivity contribution in [1.29, 1.82) is 0 Å². The van der Waals surface area contributed by atoms with E-state index in [1.807, 2.05) is 62.4 Å². The maximum Gasteiger partial charge on any atom is 0.335 e. The van der Waals surface area contributed by atoms with E-state index in [0.29, 0.717) is 28.1 Å². The van der Waals surface area contributed by atoms with Crippen molar-refractivity contribution in [1.82, 2.24) is 5.32 Å². The van der Waals surface area contributed by atoms with Crippen LogP contribution in [0.5, 0.6) is 17.2 Å². The van der Waals surface area contributed by atoms with Crippen LogP contribution in [0.15, 0.2) is 95.0 Å². The summed E-state index contributed by atoms with van der Waals surface area (Å²) in [6.07, 6.45) is 1.36. The molecule has 0 unspecified atom stereocenters. The van der Waals surface area contributed by atoms with Crippen LogP contribution < -0.4 is 29.7 Å². The second-order valence-electron chi connectivity index (χ2n) is 10.6. The van der Waals surface area contributed by atoms with Gasteiger partial charge in [0.25, 0.3) is 17.7 Å². The van der Waals surface area contributed by atoms with Gasteiger partial charge in [0, 0.05) is 5.69 Å². The number of carbonyl (C=O) groups is 4. The minimum atomic E-state index is -0.867. The monoisotopic (exact) mass is 697 g/mol. The van der Waals surface area contributed by atoms with Crippen LogP contribution in [0.3, 0.4) is 0 Å². The molecule has 47 heavy (non-hydrogen) atoms. The second kappa shape index (κ2) is 14.8. The summed E-state index contributed by atoms with van der Waals surface area (Å²) >= 11 is 3.46. The first-order valence-corrected chi connectivity index (χ1v) is 15.6. The fraction of sp³-hybridized carbons (Fsp3) is 0.167. The van der Waals surface area contributed by atoms with Gasteiger partial charge in [0.05, 0.1) is 16.8 Å². The predicted molar refractivity (Wildman–Crippen MR) is 182 cm³/mol. The van der Waals surface area contributed by atoms with Gasteiger partial charge in [0.2, 0.25) is 0 Å². The van der Waals surface area contributed by atoms with Gasteiger partial charge in [-0.1, -0.05) is 48.0 Å². The van der Waals surface area contributed by atoms with Crippen LogP contribution in [0.2, 0.25) is 0 Å². The second-order valence-corrected chi connectivity index (χ2v) is 11.5. The summed E-state index contributed by atoms with van der Waals surface area (Å²) in [5.41, 5.74) is 4.12. The van der Waals surface area contributed by atoms with Crippen molar-refractivity contribution >= 4 is 57.1 Å². The van der Waals surface area contributed by atoms with Gasteiger partial charge < -0.3 is 19.5 Å². The van der Waals surface area contributed by atoms with Gasteiger partial charge >= 0.3 is 6.03 Å². The highest BCUT2D eigenvalue weighted by Gasteiger charge is 2.37. The maximum absolute atomic E-state index is 13.5. The largest absolute Gasteiger partial charge is 0.490 e. The number of barbiturate groups is 1. The first-order chi connectivity index (χ1) is 22.6. The topological polar surface area (TPSA) is 123 Å². The lowest BCUT2D eigenvalue weighted by molar-refractivity contribution is -0.122. The molecule has 4 aromatic rings. The number of imide groups is 2. The number of urea groups is 1. The molecule has 5 rings (SSSR count). The summed E-state index contributed by atoms with van der Waals surface area (Å²) in [5, 5.41) is 5.07. The zero-order chi connectivity index (χ0) is 33.5. The number of ether oxygens (including phenoxy) is 3. The van der Waals surface area contributed by atoms with Crippen LogP contribution in [0, 0.1) is 13.8 Å². The average Bonchev–Trinajstić information content (AvgIpc) is 3.04. The third-order valence-corrected chi connectivity index (χ3v) is 7.68. The smallest absolute Gasteiger partial charge is 0.335 e. The van der Waals surface area contributed by atoms with Crippen LogP contribution in [0.1, 0.15) is 29.2 Å². The maximum atomic E-state index is 13.5. The molecular formula is C36H32BrN3O7. The molecule has 1 saturated heterocycles. The van der Waals surface area contributed by atoms with E-state index in [9.17, 15) is 19.2 Å². The van der Waals surface area contributed by atoms with Gasteiger partial charge in [0.1, 0.15) is 17.9 Å². The Kier molecular flexibility index (Phi) is 10.4. The fourth-order valence-corrected chi connectivity index (χ4v) is 5.42. The van der Waals surface area contributed by atoms with Gasteiger partial charge in [-0.05, 0) is 102 Å². The van der Waals surface area contributed by atoms with E-state index in [2.05, 4.69) is 26.6 Å². The van der Waals surface area contributed by atoms with Gasteiger partial charge in [-0.25, -0.2) is 9.69 Å². The Morgan fingerprint density at radius 2 is 1.66 bits per heavy atom. The number of nitrogens with zero attached hydrogens (tertiary/aromatic N) is 1. The number of halogens is 1. The van der Waals surface area contributed by atoms with Crippen molar-refractivity contribution in [2.24, 2.45) is 0 Å². The molecule has 0 aromatic heterocycles. The Morgan fingerprint density at radius 3 is 2.36 bits per heavy atom. The van der Waals surface area contributed by atoms with Crippen molar-refractivity contribution in [2.45, 2.75) is 27.4 Å². The molecular weight excluding hydrogens is 666 g/mol. The van der Waals surface area contributed by atoms with Crippen molar-refractivity contribution in [2.75, 3.05) is 23.4 Å². The Labute approximate surface area is 280 Å². The lowest BCUT2D eigenvalue weighted by Gasteiger charge is -2.26. The number of hydrogen-bond acceptors (Lipinski definition) is 7. The molecule has 4 aromatic carbocycles. The molecule has 1 aliphatic rings. The summed E-state index contributed by atoms with van der Waals surface area (Å²) in [6, 6.07) is 24.1. The number of hydrogen-bond donors (Lipinski definition) is 2. The number of nitrogens with one attached hydrogen (secondary N) is 2. The standard InChI is InChI=1S/C36H32BrN3O7/c1-4-45-31-19-25(18-29(37)33(31)47-21-32(41)38-30-15-10-22(2)16-23(30)3)17-28-34(42)39-36(44)40(35(28)43)26-11-13-27(14-12-26)46-20-24-8-6-5-7-9-24/h5-19H,4,20-21H2,1-3H3,(H,38,41)(H,39,42,44)/b28-17-. The van der Waals surface area contributed by atoms with Gasteiger partial charge in [-0.2, -0.15) is 0 Å². The third kappa shape index (κ3) is 8.06. The fourth-order valence-electron chi connectivity index (χ4n) is 4.84. The SMILES string of the molecule is CCOc1cc(/C=C2/C(=O)NC(=O)N(c3ccc(OCc4ccccc4)cc3)C2=O)cc(Br)c1OCC(=O)Nc1ccc(C)cc1C.